The van der Waals surface area contributed by atoms with Crippen LogP contribution in [0.25, 0.3) is 6.08 Å². The average Bonchev–Trinajstić information content (AvgIpc) is 2.88. The Bertz CT molecular complexity index is 1290. The molecule has 0 heterocycles. The lowest BCUT2D eigenvalue weighted by molar-refractivity contribution is 0.967. The molecule has 1 rings (SSSR count). The van der Waals surface area contributed by atoms with E-state index in [2.05, 4.69) is 179 Å². The van der Waals surface area contributed by atoms with Crippen molar-refractivity contribution in [2.24, 2.45) is 0 Å². The van der Waals surface area contributed by atoms with E-state index in [4.69, 9.17) is 0 Å². The van der Waals surface area contributed by atoms with Crippen LogP contribution in [-0.4, -0.2) is 0 Å². The predicted octanol–water partition coefficient (Wildman–Crippen LogP) is 12.3. The highest BCUT2D eigenvalue weighted by Crippen LogP contribution is 2.19. The van der Waals surface area contributed by atoms with Crippen LogP contribution in [0.1, 0.15) is 83.6 Å². The third kappa shape index (κ3) is 15.7. The van der Waals surface area contributed by atoms with E-state index < -0.39 is 0 Å². The zero-order valence-corrected chi connectivity index (χ0v) is 26.8. The van der Waals surface area contributed by atoms with Gasteiger partial charge in [0.25, 0.3) is 0 Å². The summed E-state index contributed by atoms with van der Waals surface area (Å²) < 4.78 is 0. The number of benzene rings is 1. The molecule has 1 aromatic rings. The SMILES string of the molecule is CC(C)=CCC/C(C)=C/C=C/C(C)=C\C=C\C(C)=C\C=C\C=C(C)\C=C\C=C(C)\C=C/c1c(C)ccc(C)c1C. The molecule has 0 heteroatoms. The number of rotatable bonds is 13. The molecule has 0 bridgehead atoms. The Labute approximate surface area is 246 Å². The van der Waals surface area contributed by atoms with Crippen LogP contribution < -0.4 is 0 Å². The first-order valence-corrected chi connectivity index (χ1v) is 14.4. The summed E-state index contributed by atoms with van der Waals surface area (Å²) in [6.45, 7) is 21.6. The van der Waals surface area contributed by atoms with Crippen molar-refractivity contribution in [1.29, 1.82) is 0 Å². The first-order valence-electron chi connectivity index (χ1n) is 14.4. The maximum atomic E-state index is 2.30. The van der Waals surface area contributed by atoms with Crippen LogP contribution in [0.4, 0.5) is 0 Å². The van der Waals surface area contributed by atoms with E-state index in [-0.39, 0.29) is 0 Å². The summed E-state index contributed by atoms with van der Waals surface area (Å²) in [6, 6.07) is 4.39. The van der Waals surface area contributed by atoms with Gasteiger partial charge in [0.1, 0.15) is 0 Å². The fraction of sp³-hybridized carbons (Fsp3) is 0.300. The molecule has 0 spiro atoms. The van der Waals surface area contributed by atoms with Crippen molar-refractivity contribution in [3.05, 3.63) is 159 Å². The topological polar surface area (TPSA) is 0 Å². The lowest BCUT2D eigenvalue weighted by Gasteiger charge is -2.08. The third-order valence-corrected chi connectivity index (χ3v) is 6.61. The zero-order chi connectivity index (χ0) is 29.9. The number of allylic oxidation sites excluding steroid dienone is 21. The molecule has 0 saturated carbocycles. The highest BCUT2D eigenvalue weighted by molar-refractivity contribution is 5.61. The van der Waals surface area contributed by atoms with Gasteiger partial charge in [-0.1, -0.05) is 143 Å². The second-order valence-electron chi connectivity index (χ2n) is 11.0. The van der Waals surface area contributed by atoms with Gasteiger partial charge in [0, 0.05) is 0 Å². The number of hydrogen-bond donors (Lipinski definition) is 0. The Kier molecular flexibility index (Phi) is 16.7. The van der Waals surface area contributed by atoms with Gasteiger partial charge in [0.2, 0.25) is 0 Å². The van der Waals surface area contributed by atoms with E-state index in [9.17, 15) is 0 Å². The summed E-state index contributed by atoms with van der Waals surface area (Å²) in [6.07, 6.45) is 36.7. The molecule has 0 nitrogen and oxygen atoms in total. The molecule has 0 N–H and O–H groups in total. The maximum absolute atomic E-state index is 2.30. The van der Waals surface area contributed by atoms with Crippen molar-refractivity contribution in [3.8, 4) is 0 Å². The van der Waals surface area contributed by atoms with Crippen molar-refractivity contribution < 1.29 is 0 Å². The summed E-state index contributed by atoms with van der Waals surface area (Å²) in [5.41, 5.74) is 13.0. The van der Waals surface area contributed by atoms with Gasteiger partial charge in [-0.25, -0.2) is 0 Å². The smallest absolute Gasteiger partial charge is 0.0195 e. The van der Waals surface area contributed by atoms with Crippen LogP contribution in [0.3, 0.4) is 0 Å². The molecule has 0 unspecified atom stereocenters. The molecule has 212 valence electrons. The van der Waals surface area contributed by atoms with Crippen molar-refractivity contribution in [1.82, 2.24) is 0 Å². The Morgan fingerprint density at radius 3 is 1.52 bits per heavy atom. The molecule has 0 fully saturated rings. The van der Waals surface area contributed by atoms with E-state index in [0.29, 0.717) is 0 Å². The minimum Gasteiger partial charge on any atom is -0.0856 e. The molecule has 0 atom stereocenters. The van der Waals surface area contributed by atoms with E-state index in [1.54, 1.807) is 0 Å². The molecule has 0 aliphatic heterocycles. The standard InChI is InChI=1S/C40H52/c1-31(2)17-13-20-34(5)23-15-25-35(6)24-14-21-32(3)18-11-12-19-33(4)22-16-26-36(7)27-30-40-38(9)29-28-37(8)39(40)10/h11-12,14-19,21-30H,13,20H2,1-10H3/b12-11+,21-14+,22-16+,25-15+,30-27-,32-18+,33-19+,34-23+,35-24-,36-26+. The van der Waals surface area contributed by atoms with Gasteiger partial charge in [0.05, 0.1) is 0 Å². The van der Waals surface area contributed by atoms with Crippen LogP contribution in [0.2, 0.25) is 0 Å². The van der Waals surface area contributed by atoms with Crippen LogP contribution in [0.5, 0.6) is 0 Å². The van der Waals surface area contributed by atoms with E-state index in [0.717, 1.165) is 12.8 Å². The van der Waals surface area contributed by atoms with E-state index >= 15 is 0 Å². The monoisotopic (exact) mass is 532 g/mol. The predicted molar refractivity (Wildman–Crippen MR) is 184 cm³/mol. The molecular formula is C40H52. The van der Waals surface area contributed by atoms with Crippen LogP contribution >= 0.6 is 0 Å². The lowest BCUT2D eigenvalue weighted by atomic mass is 9.97. The highest BCUT2D eigenvalue weighted by atomic mass is 14.1. The number of aryl methyl sites for hydroxylation is 2. The Morgan fingerprint density at radius 2 is 1.00 bits per heavy atom. The van der Waals surface area contributed by atoms with Gasteiger partial charge in [-0.05, 0) is 104 Å². The van der Waals surface area contributed by atoms with E-state index in [1.165, 1.54) is 55.7 Å². The van der Waals surface area contributed by atoms with Gasteiger partial charge in [0.15, 0.2) is 0 Å². The normalized spacial score (nSPS) is 14.7. The maximum Gasteiger partial charge on any atom is -0.0195 e. The first-order chi connectivity index (χ1) is 19.0. The van der Waals surface area contributed by atoms with Gasteiger partial charge >= 0.3 is 0 Å². The van der Waals surface area contributed by atoms with Gasteiger partial charge in [-0.3, -0.25) is 0 Å². The fourth-order valence-corrected chi connectivity index (χ4v) is 3.82. The molecule has 0 amide bonds. The van der Waals surface area contributed by atoms with Crippen molar-refractivity contribution in [3.63, 3.8) is 0 Å². The van der Waals surface area contributed by atoms with Crippen LogP contribution in [0, 0.1) is 20.8 Å². The minimum atomic E-state index is 1.11. The molecule has 0 aromatic heterocycles. The summed E-state index contributed by atoms with van der Waals surface area (Å²) in [5, 5.41) is 0. The summed E-state index contributed by atoms with van der Waals surface area (Å²) >= 11 is 0. The molecule has 1 aromatic carbocycles. The van der Waals surface area contributed by atoms with Crippen LogP contribution in [0.15, 0.2) is 137 Å². The molecule has 40 heavy (non-hydrogen) atoms. The van der Waals surface area contributed by atoms with Crippen molar-refractivity contribution in [2.75, 3.05) is 0 Å². The molecule has 0 aliphatic carbocycles. The van der Waals surface area contributed by atoms with E-state index in [1.807, 2.05) is 0 Å². The van der Waals surface area contributed by atoms with Gasteiger partial charge in [-0.15, -0.1) is 0 Å². The largest absolute Gasteiger partial charge is 0.0856 e. The molecular weight excluding hydrogens is 480 g/mol. The van der Waals surface area contributed by atoms with Crippen LogP contribution in [-0.2, 0) is 0 Å². The Balaban J connectivity index is 2.60. The summed E-state index contributed by atoms with van der Waals surface area (Å²) in [4.78, 5) is 0. The summed E-state index contributed by atoms with van der Waals surface area (Å²) in [5.74, 6) is 0. The third-order valence-electron chi connectivity index (χ3n) is 6.61. The van der Waals surface area contributed by atoms with Crippen molar-refractivity contribution >= 4 is 6.08 Å². The highest BCUT2D eigenvalue weighted by Gasteiger charge is 2.01. The van der Waals surface area contributed by atoms with Crippen molar-refractivity contribution in [2.45, 2.75) is 82.1 Å². The first kappa shape index (κ1) is 34.4. The second kappa shape index (κ2) is 19.4. The molecule has 0 saturated heterocycles. The lowest BCUT2D eigenvalue weighted by Crippen LogP contribution is -1.89. The molecule has 0 aliphatic rings. The average molecular weight is 533 g/mol. The summed E-state index contributed by atoms with van der Waals surface area (Å²) in [7, 11) is 0. The fourth-order valence-electron chi connectivity index (χ4n) is 3.82. The Morgan fingerprint density at radius 1 is 0.550 bits per heavy atom. The Hall–Kier alpha value is -3.64. The van der Waals surface area contributed by atoms with Gasteiger partial charge < -0.3 is 0 Å². The second-order valence-corrected chi connectivity index (χ2v) is 11.0. The molecule has 0 radical (unpaired) electrons. The minimum absolute atomic E-state index is 1.11. The zero-order valence-electron chi connectivity index (χ0n) is 26.8. The number of hydrogen-bond acceptors (Lipinski definition) is 0. The quantitative estimate of drug-likeness (QED) is 0.175. The van der Waals surface area contributed by atoms with Gasteiger partial charge in [-0.2, -0.15) is 0 Å².